The molecule has 1 heterocycles. The summed E-state index contributed by atoms with van der Waals surface area (Å²) >= 11 is 1.75. The molecule has 1 rings (SSSR count). The summed E-state index contributed by atoms with van der Waals surface area (Å²) in [7, 11) is 1.34. The number of nitrogen functional groups attached to an aromatic ring is 1. The lowest BCUT2D eigenvalue weighted by atomic mass is 10.2. The van der Waals surface area contributed by atoms with Crippen LogP contribution in [-0.2, 0) is 4.74 Å². The minimum atomic E-state index is -0.434. The molecular weight excluding hydrogens is 250 g/mol. The van der Waals surface area contributed by atoms with Crippen LogP contribution < -0.4 is 11.1 Å². The number of carbonyl (C=O) groups excluding carboxylic acids is 1. The van der Waals surface area contributed by atoms with Crippen molar-refractivity contribution < 1.29 is 9.53 Å². The van der Waals surface area contributed by atoms with Gasteiger partial charge in [0.2, 0.25) is 0 Å². The fourth-order valence-electron chi connectivity index (χ4n) is 1.52. The van der Waals surface area contributed by atoms with Gasteiger partial charge >= 0.3 is 5.97 Å². The monoisotopic (exact) mass is 269 g/mol. The molecule has 1 aromatic heterocycles. The van der Waals surface area contributed by atoms with Crippen molar-refractivity contribution >= 4 is 29.2 Å². The van der Waals surface area contributed by atoms with Gasteiger partial charge in [0, 0.05) is 11.8 Å². The van der Waals surface area contributed by atoms with Crippen LogP contribution in [0.15, 0.2) is 12.3 Å². The lowest BCUT2D eigenvalue weighted by Gasteiger charge is -2.18. The lowest BCUT2D eigenvalue weighted by molar-refractivity contribution is 0.0601. The molecule has 0 amide bonds. The summed E-state index contributed by atoms with van der Waals surface area (Å²) in [5, 5.41) is 3.25. The van der Waals surface area contributed by atoms with E-state index in [0.29, 0.717) is 17.1 Å². The van der Waals surface area contributed by atoms with E-state index in [1.807, 2.05) is 6.26 Å². The van der Waals surface area contributed by atoms with Crippen molar-refractivity contribution in [2.45, 2.75) is 19.4 Å². The van der Waals surface area contributed by atoms with Crippen molar-refractivity contribution in [1.29, 1.82) is 0 Å². The second-order valence-corrected chi connectivity index (χ2v) is 4.77. The summed E-state index contributed by atoms with van der Waals surface area (Å²) in [4.78, 5) is 15.8. The Bertz CT molecular complexity index is 412. The molecule has 0 aromatic carbocycles. The van der Waals surface area contributed by atoms with Crippen molar-refractivity contribution in [2.75, 3.05) is 30.2 Å². The highest BCUT2D eigenvalue weighted by atomic mass is 32.2. The number of anilines is 2. The maximum absolute atomic E-state index is 11.7. The number of pyridine rings is 1. The van der Waals surface area contributed by atoms with Gasteiger partial charge in [-0.3, -0.25) is 0 Å². The van der Waals surface area contributed by atoms with Gasteiger partial charge in [-0.2, -0.15) is 11.8 Å². The molecule has 1 atom stereocenters. The number of hydrogen-bond acceptors (Lipinski definition) is 6. The molecule has 5 nitrogen and oxygen atoms in total. The zero-order valence-corrected chi connectivity index (χ0v) is 11.7. The van der Waals surface area contributed by atoms with E-state index in [1.165, 1.54) is 13.3 Å². The van der Waals surface area contributed by atoms with Crippen LogP contribution in [0.5, 0.6) is 0 Å². The first kappa shape index (κ1) is 14.6. The molecule has 0 bridgehead atoms. The van der Waals surface area contributed by atoms with E-state index in [9.17, 15) is 4.79 Å². The maximum atomic E-state index is 11.7. The Morgan fingerprint density at radius 1 is 1.67 bits per heavy atom. The van der Waals surface area contributed by atoms with Crippen LogP contribution in [0.25, 0.3) is 0 Å². The van der Waals surface area contributed by atoms with E-state index in [1.54, 1.807) is 17.8 Å². The van der Waals surface area contributed by atoms with E-state index >= 15 is 0 Å². The average Bonchev–Trinajstić information content (AvgIpc) is 2.39. The lowest BCUT2D eigenvalue weighted by Crippen LogP contribution is -2.23. The van der Waals surface area contributed by atoms with Crippen molar-refractivity contribution in [3.8, 4) is 0 Å². The molecule has 0 radical (unpaired) electrons. The fraction of sp³-hybridized carbons (Fsp3) is 0.500. The number of carbonyl (C=O) groups is 1. The van der Waals surface area contributed by atoms with Crippen molar-refractivity contribution in [3.63, 3.8) is 0 Å². The Morgan fingerprint density at radius 2 is 2.39 bits per heavy atom. The van der Waals surface area contributed by atoms with Crippen LogP contribution in [0.4, 0.5) is 11.5 Å². The summed E-state index contributed by atoms with van der Waals surface area (Å²) in [5.74, 6) is 1.04. The Morgan fingerprint density at radius 3 is 2.94 bits per heavy atom. The summed E-state index contributed by atoms with van der Waals surface area (Å²) in [5.41, 5.74) is 6.46. The van der Waals surface area contributed by atoms with E-state index in [4.69, 9.17) is 10.5 Å². The quantitative estimate of drug-likeness (QED) is 0.769. The molecule has 0 aliphatic carbocycles. The highest BCUT2D eigenvalue weighted by molar-refractivity contribution is 7.98. The molecule has 0 saturated carbocycles. The molecule has 0 aliphatic heterocycles. The molecule has 0 spiro atoms. The summed E-state index contributed by atoms with van der Waals surface area (Å²) in [6, 6.07) is 1.84. The van der Waals surface area contributed by atoms with Gasteiger partial charge in [0.05, 0.1) is 19.0 Å². The molecule has 0 aliphatic rings. The third-order valence-corrected chi connectivity index (χ3v) is 3.25. The first-order chi connectivity index (χ1) is 8.62. The Labute approximate surface area is 111 Å². The molecule has 0 fully saturated rings. The SMILES string of the molecule is CCC(CSC)Nc1ncc(N)cc1C(=O)OC. The standard InChI is InChI=1S/C12H19N3O2S/c1-4-9(7-18-3)15-11-10(12(16)17-2)5-8(13)6-14-11/h5-6,9H,4,7,13H2,1-3H3,(H,14,15). The number of methoxy groups -OCH3 is 1. The second kappa shape index (κ2) is 7.10. The number of nitrogens with zero attached hydrogens (tertiary/aromatic N) is 1. The van der Waals surface area contributed by atoms with Crippen LogP contribution in [0.1, 0.15) is 23.7 Å². The van der Waals surface area contributed by atoms with Gasteiger partial charge in [0.25, 0.3) is 0 Å². The summed E-state index contributed by atoms with van der Waals surface area (Å²) in [6.45, 7) is 2.09. The fourth-order valence-corrected chi connectivity index (χ4v) is 2.24. The zero-order chi connectivity index (χ0) is 13.5. The number of ether oxygens (including phenoxy) is 1. The zero-order valence-electron chi connectivity index (χ0n) is 10.9. The van der Waals surface area contributed by atoms with Gasteiger partial charge in [-0.1, -0.05) is 6.92 Å². The van der Waals surface area contributed by atoms with Gasteiger partial charge in [-0.25, -0.2) is 9.78 Å². The van der Waals surface area contributed by atoms with Crippen LogP contribution >= 0.6 is 11.8 Å². The van der Waals surface area contributed by atoms with E-state index in [-0.39, 0.29) is 6.04 Å². The number of nitrogens with one attached hydrogen (secondary N) is 1. The Hall–Kier alpha value is -1.43. The molecule has 100 valence electrons. The number of aromatic nitrogens is 1. The maximum Gasteiger partial charge on any atom is 0.341 e. The molecule has 18 heavy (non-hydrogen) atoms. The van der Waals surface area contributed by atoms with Gasteiger partial charge in [0.1, 0.15) is 11.4 Å². The topological polar surface area (TPSA) is 77.2 Å². The first-order valence-corrected chi connectivity index (χ1v) is 7.11. The molecule has 1 unspecified atom stereocenters. The predicted octanol–water partition coefficient (Wildman–Crippen LogP) is 2.00. The van der Waals surface area contributed by atoms with E-state index < -0.39 is 5.97 Å². The molecular formula is C12H19N3O2S. The Kier molecular flexibility index (Phi) is 5.77. The largest absolute Gasteiger partial charge is 0.465 e. The summed E-state index contributed by atoms with van der Waals surface area (Å²) in [6.07, 6.45) is 4.52. The Balaban J connectivity index is 2.96. The second-order valence-electron chi connectivity index (χ2n) is 3.86. The van der Waals surface area contributed by atoms with E-state index in [0.717, 1.165) is 12.2 Å². The minimum absolute atomic E-state index is 0.263. The van der Waals surface area contributed by atoms with Crippen molar-refractivity contribution in [3.05, 3.63) is 17.8 Å². The highest BCUT2D eigenvalue weighted by Gasteiger charge is 2.16. The number of esters is 1. The van der Waals surface area contributed by atoms with Crippen molar-refractivity contribution in [1.82, 2.24) is 4.98 Å². The average molecular weight is 269 g/mol. The van der Waals surface area contributed by atoms with Gasteiger partial charge in [-0.05, 0) is 18.7 Å². The highest BCUT2D eigenvalue weighted by Crippen LogP contribution is 2.19. The molecule has 6 heteroatoms. The number of rotatable bonds is 6. The number of thioether (sulfide) groups is 1. The normalized spacial score (nSPS) is 11.9. The van der Waals surface area contributed by atoms with Crippen LogP contribution in [0.3, 0.4) is 0 Å². The molecule has 1 aromatic rings. The smallest absolute Gasteiger partial charge is 0.341 e. The van der Waals surface area contributed by atoms with Gasteiger partial charge < -0.3 is 15.8 Å². The van der Waals surface area contributed by atoms with Crippen LogP contribution in [-0.4, -0.2) is 36.1 Å². The van der Waals surface area contributed by atoms with Crippen LogP contribution in [0, 0.1) is 0 Å². The predicted molar refractivity (Wildman–Crippen MR) is 76.1 cm³/mol. The molecule has 3 N–H and O–H groups in total. The van der Waals surface area contributed by atoms with Gasteiger partial charge in [-0.15, -0.1) is 0 Å². The first-order valence-electron chi connectivity index (χ1n) is 5.71. The van der Waals surface area contributed by atoms with Crippen molar-refractivity contribution in [2.24, 2.45) is 0 Å². The summed E-state index contributed by atoms with van der Waals surface area (Å²) < 4.78 is 4.73. The molecule has 0 saturated heterocycles. The van der Waals surface area contributed by atoms with Crippen LogP contribution in [0.2, 0.25) is 0 Å². The number of nitrogens with two attached hydrogens (primary N) is 1. The van der Waals surface area contributed by atoms with E-state index in [2.05, 4.69) is 17.2 Å². The third-order valence-electron chi connectivity index (χ3n) is 2.52. The number of hydrogen-bond donors (Lipinski definition) is 2. The van der Waals surface area contributed by atoms with Gasteiger partial charge in [0.15, 0.2) is 0 Å². The third kappa shape index (κ3) is 3.80. The minimum Gasteiger partial charge on any atom is -0.465 e.